The van der Waals surface area contributed by atoms with Gasteiger partial charge in [0.15, 0.2) is 5.65 Å². The third kappa shape index (κ3) is 4.48. The van der Waals surface area contributed by atoms with Crippen molar-refractivity contribution in [3.63, 3.8) is 0 Å². The van der Waals surface area contributed by atoms with Gasteiger partial charge in [-0.15, -0.1) is 5.10 Å². The zero-order valence-corrected chi connectivity index (χ0v) is 15.6. The van der Waals surface area contributed by atoms with Gasteiger partial charge in [-0.1, -0.05) is 33.8 Å². The SMILES string of the molecule is CCN(CC)[C@@H](C(=O)NCCCn1nc2ccccn2c1=O)C(C)C. The van der Waals surface area contributed by atoms with Crippen molar-refractivity contribution in [2.75, 3.05) is 19.6 Å². The maximum absolute atomic E-state index is 12.5. The lowest BCUT2D eigenvalue weighted by Gasteiger charge is -2.31. The van der Waals surface area contributed by atoms with E-state index in [4.69, 9.17) is 0 Å². The predicted molar refractivity (Wildman–Crippen MR) is 98.6 cm³/mol. The number of nitrogens with one attached hydrogen (secondary N) is 1. The zero-order chi connectivity index (χ0) is 18.4. The highest BCUT2D eigenvalue weighted by Crippen LogP contribution is 2.10. The molecule has 0 aliphatic heterocycles. The summed E-state index contributed by atoms with van der Waals surface area (Å²) >= 11 is 0. The van der Waals surface area contributed by atoms with Crippen LogP contribution in [0.4, 0.5) is 0 Å². The van der Waals surface area contributed by atoms with E-state index in [0.29, 0.717) is 25.2 Å². The quantitative estimate of drug-likeness (QED) is 0.696. The third-order valence-corrected chi connectivity index (χ3v) is 4.44. The maximum atomic E-state index is 12.5. The lowest BCUT2D eigenvalue weighted by molar-refractivity contribution is -0.127. The fourth-order valence-electron chi connectivity index (χ4n) is 3.17. The van der Waals surface area contributed by atoms with Crippen LogP contribution in [0.5, 0.6) is 0 Å². The molecule has 0 unspecified atom stereocenters. The number of likely N-dealkylation sites (N-methyl/N-ethyl adjacent to an activating group) is 1. The zero-order valence-electron chi connectivity index (χ0n) is 15.6. The Morgan fingerprint density at radius 3 is 2.60 bits per heavy atom. The van der Waals surface area contributed by atoms with Gasteiger partial charge in [-0.3, -0.25) is 14.1 Å². The number of aryl methyl sites for hydroxylation is 1. The monoisotopic (exact) mass is 347 g/mol. The first kappa shape index (κ1) is 19.2. The Balaban J connectivity index is 1.90. The summed E-state index contributed by atoms with van der Waals surface area (Å²) < 4.78 is 2.97. The minimum absolute atomic E-state index is 0.0565. The second-order valence-electron chi connectivity index (χ2n) is 6.49. The Bertz CT molecular complexity index is 745. The summed E-state index contributed by atoms with van der Waals surface area (Å²) in [6.45, 7) is 11.0. The van der Waals surface area contributed by atoms with Gasteiger partial charge in [-0.25, -0.2) is 9.48 Å². The van der Waals surface area contributed by atoms with E-state index in [1.54, 1.807) is 18.3 Å². The van der Waals surface area contributed by atoms with Crippen molar-refractivity contribution >= 4 is 11.6 Å². The number of pyridine rings is 1. The third-order valence-electron chi connectivity index (χ3n) is 4.44. The van der Waals surface area contributed by atoms with Crippen LogP contribution >= 0.6 is 0 Å². The van der Waals surface area contributed by atoms with Crippen molar-refractivity contribution in [3.05, 3.63) is 34.9 Å². The molecule has 138 valence electrons. The Labute approximate surface area is 148 Å². The van der Waals surface area contributed by atoms with Crippen LogP contribution in [-0.2, 0) is 11.3 Å². The van der Waals surface area contributed by atoms with Gasteiger partial charge >= 0.3 is 5.69 Å². The first-order valence-corrected chi connectivity index (χ1v) is 9.05. The molecule has 0 fully saturated rings. The molecule has 1 atom stereocenters. The average molecular weight is 347 g/mol. The lowest BCUT2D eigenvalue weighted by Crippen LogP contribution is -2.50. The lowest BCUT2D eigenvalue weighted by atomic mass is 10.0. The minimum Gasteiger partial charge on any atom is -0.355 e. The molecule has 7 heteroatoms. The van der Waals surface area contributed by atoms with Gasteiger partial charge in [0.05, 0.1) is 6.04 Å². The van der Waals surface area contributed by atoms with Crippen molar-refractivity contribution in [3.8, 4) is 0 Å². The number of amides is 1. The van der Waals surface area contributed by atoms with Crippen molar-refractivity contribution in [2.45, 2.75) is 46.7 Å². The molecule has 1 N–H and O–H groups in total. The topological polar surface area (TPSA) is 71.6 Å². The first-order chi connectivity index (χ1) is 12.0. The Hall–Kier alpha value is -2.15. The summed E-state index contributed by atoms with van der Waals surface area (Å²) in [6.07, 6.45) is 2.37. The van der Waals surface area contributed by atoms with Gasteiger partial charge in [0.1, 0.15) is 0 Å². The normalized spacial score (nSPS) is 12.9. The molecule has 0 bridgehead atoms. The number of carbonyl (C=O) groups is 1. The summed E-state index contributed by atoms with van der Waals surface area (Å²) in [7, 11) is 0. The minimum atomic E-state index is -0.148. The van der Waals surface area contributed by atoms with Crippen molar-refractivity contribution in [2.24, 2.45) is 5.92 Å². The molecule has 1 amide bonds. The number of hydrogen-bond acceptors (Lipinski definition) is 4. The van der Waals surface area contributed by atoms with Gasteiger partial charge in [0.2, 0.25) is 5.91 Å². The van der Waals surface area contributed by atoms with Gasteiger partial charge in [0.25, 0.3) is 0 Å². The average Bonchev–Trinajstić information content (AvgIpc) is 2.92. The summed E-state index contributed by atoms with van der Waals surface area (Å²) in [5, 5.41) is 7.30. The second kappa shape index (κ2) is 8.80. The Morgan fingerprint density at radius 1 is 1.28 bits per heavy atom. The summed E-state index contributed by atoms with van der Waals surface area (Å²) in [4.78, 5) is 26.9. The molecular weight excluding hydrogens is 318 g/mol. The van der Waals surface area contributed by atoms with Gasteiger partial charge in [-0.05, 0) is 37.6 Å². The van der Waals surface area contributed by atoms with Crippen LogP contribution in [0.15, 0.2) is 29.2 Å². The molecule has 7 nitrogen and oxygen atoms in total. The second-order valence-corrected chi connectivity index (χ2v) is 6.49. The summed E-state index contributed by atoms with van der Waals surface area (Å²) in [6, 6.07) is 5.34. The Kier molecular flexibility index (Phi) is 6.75. The molecule has 2 aromatic heterocycles. The molecule has 2 aromatic rings. The maximum Gasteiger partial charge on any atom is 0.350 e. The molecular formula is C18H29N5O2. The van der Waals surface area contributed by atoms with Crippen molar-refractivity contribution < 1.29 is 4.79 Å². The van der Waals surface area contributed by atoms with E-state index in [-0.39, 0.29) is 23.6 Å². The standard InChI is InChI=1S/C18H29N5O2/c1-5-21(6-2)16(14(3)4)17(24)19-11-9-13-23-18(25)22-12-8-7-10-15(22)20-23/h7-8,10,12,14,16H,5-6,9,11,13H2,1-4H3,(H,19,24)/t16-/m1/s1. The highest BCUT2D eigenvalue weighted by molar-refractivity contribution is 5.82. The van der Waals surface area contributed by atoms with Crippen molar-refractivity contribution in [1.29, 1.82) is 0 Å². The summed E-state index contributed by atoms with van der Waals surface area (Å²) in [5.41, 5.74) is 0.489. The van der Waals surface area contributed by atoms with Crippen LogP contribution in [0.2, 0.25) is 0 Å². The Morgan fingerprint density at radius 2 is 2.00 bits per heavy atom. The predicted octanol–water partition coefficient (Wildman–Crippen LogP) is 1.37. The molecule has 25 heavy (non-hydrogen) atoms. The summed E-state index contributed by atoms with van der Waals surface area (Å²) in [5.74, 6) is 0.307. The number of fused-ring (bicyclic) bond motifs is 1. The van der Waals surface area contributed by atoms with E-state index < -0.39 is 0 Å². The van der Waals surface area contributed by atoms with Gasteiger partial charge in [0, 0.05) is 19.3 Å². The van der Waals surface area contributed by atoms with Crippen molar-refractivity contribution in [1.82, 2.24) is 24.4 Å². The van der Waals surface area contributed by atoms with Crippen LogP contribution in [0, 0.1) is 5.92 Å². The van der Waals surface area contributed by atoms with Gasteiger partial charge < -0.3 is 5.32 Å². The van der Waals surface area contributed by atoms with Crippen LogP contribution < -0.4 is 11.0 Å². The fourth-order valence-corrected chi connectivity index (χ4v) is 3.17. The highest BCUT2D eigenvalue weighted by atomic mass is 16.2. The van der Waals surface area contributed by atoms with Crippen LogP contribution in [0.25, 0.3) is 5.65 Å². The molecule has 2 rings (SSSR count). The van der Waals surface area contributed by atoms with Crippen LogP contribution in [0.3, 0.4) is 0 Å². The molecule has 0 radical (unpaired) electrons. The molecule has 2 heterocycles. The molecule has 0 aliphatic rings. The molecule has 0 aromatic carbocycles. The van der Waals surface area contributed by atoms with E-state index >= 15 is 0 Å². The number of aromatic nitrogens is 3. The number of rotatable bonds is 9. The smallest absolute Gasteiger partial charge is 0.350 e. The van der Waals surface area contributed by atoms with Crippen LogP contribution in [0.1, 0.15) is 34.1 Å². The highest BCUT2D eigenvalue weighted by Gasteiger charge is 2.26. The van der Waals surface area contributed by atoms with Gasteiger partial charge in [-0.2, -0.15) is 0 Å². The van der Waals surface area contributed by atoms with E-state index in [2.05, 4.69) is 43.0 Å². The molecule has 0 saturated heterocycles. The van der Waals surface area contributed by atoms with E-state index in [9.17, 15) is 9.59 Å². The van der Waals surface area contributed by atoms with E-state index in [1.165, 1.54) is 9.08 Å². The molecule has 0 spiro atoms. The van der Waals surface area contributed by atoms with E-state index in [1.807, 2.05) is 6.07 Å². The first-order valence-electron chi connectivity index (χ1n) is 9.05. The number of nitrogens with zero attached hydrogens (tertiary/aromatic N) is 4. The van der Waals surface area contributed by atoms with E-state index in [0.717, 1.165) is 13.1 Å². The largest absolute Gasteiger partial charge is 0.355 e. The molecule has 0 saturated carbocycles. The molecule has 0 aliphatic carbocycles. The fraction of sp³-hybridized carbons (Fsp3) is 0.611. The number of hydrogen-bond donors (Lipinski definition) is 1. The van der Waals surface area contributed by atoms with Crippen LogP contribution in [-0.4, -0.2) is 50.7 Å². The number of carbonyl (C=O) groups excluding carboxylic acids is 1.